The van der Waals surface area contributed by atoms with Gasteiger partial charge in [-0.2, -0.15) is 0 Å². The fraction of sp³-hybridized carbons (Fsp3) is 0.185. The van der Waals surface area contributed by atoms with Gasteiger partial charge in [-0.15, -0.1) is 0 Å². The van der Waals surface area contributed by atoms with Crippen molar-refractivity contribution in [1.82, 2.24) is 5.32 Å². The highest BCUT2D eigenvalue weighted by molar-refractivity contribution is 7.80. The van der Waals surface area contributed by atoms with Gasteiger partial charge in [0.25, 0.3) is 0 Å². The Morgan fingerprint density at radius 3 is 2.46 bits per heavy atom. The molecular weight excluding hydrogens is 496 g/mol. The average molecular weight is 521 g/mol. The maximum Gasteiger partial charge on any atom is 0.336 e. The number of carbonyl (C=O) groups is 2. The Labute approximate surface area is 216 Å². The highest BCUT2D eigenvalue weighted by Gasteiger charge is 2.22. The fourth-order valence-electron chi connectivity index (χ4n) is 4.12. The first-order valence-corrected chi connectivity index (χ1v) is 12.0. The summed E-state index contributed by atoms with van der Waals surface area (Å²) in [6.07, 6.45) is 2.21. The number of carboxylic acids is 2. The van der Waals surface area contributed by atoms with Gasteiger partial charge in [-0.05, 0) is 67.0 Å². The smallest absolute Gasteiger partial charge is 0.336 e. The number of aromatic hydroxyl groups is 1. The topological polar surface area (TPSA) is 149 Å². The van der Waals surface area contributed by atoms with Crippen LogP contribution in [-0.2, 0) is 4.79 Å². The zero-order chi connectivity index (χ0) is 26.5. The Morgan fingerprint density at radius 2 is 1.70 bits per heavy atom. The van der Waals surface area contributed by atoms with E-state index in [2.05, 4.69) is 10.6 Å². The molecule has 2 aliphatic rings. The van der Waals surface area contributed by atoms with Gasteiger partial charge >= 0.3 is 11.9 Å². The summed E-state index contributed by atoms with van der Waals surface area (Å²) in [4.78, 5) is 34.8. The summed E-state index contributed by atoms with van der Waals surface area (Å²) in [5.74, 6) is -1.73. The summed E-state index contributed by atoms with van der Waals surface area (Å²) in [5.41, 5.74) is 2.05. The summed E-state index contributed by atoms with van der Waals surface area (Å²) in [7, 11) is 0. The third-order valence-electron chi connectivity index (χ3n) is 5.81. The number of thiocarbonyl (C=S) groups is 1. The van der Waals surface area contributed by atoms with Crippen LogP contribution >= 0.6 is 12.2 Å². The third-order valence-corrected chi connectivity index (χ3v) is 6.05. The number of hydrogen-bond acceptors (Lipinski definition) is 6. The standard InChI is InChI=1S/C27H24N2O7S/c30-16-6-9-19-22(13-16)36-23-14-17(31)7-10-20(23)25(19)18-8-5-15(12-21(18)26(34)35)29-27(37)28-11-3-1-2-4-24(32)33/h5-10,12-14,30H,1-4,11H2,(H,32,33)(H,34,35)(H2,28,29,37). The van der Waals surface area contributed by atoms with Crippen LogP contribution in [0.4, 0.5) is 5.69 Å². The number of phenols is 1. The molecule has 0 unspecified atom stereocenters. The lowest BCUT2D eigenvalue weighted by molar-refractivity contribution is -0.137. The Balaban J connectivity index is 1.64. The summed E-state index contributed by atoms with van der Waals surface area (Å²) < 4.78 is 5.85. The highest BCUT2D eigenvalue weighted by atomic mass is 32.1. The normalized spacial score (nSPS) is 10.9. The minimum absolute atomic E-state index is 0.00884. The molecule has 1 aliphatic carbocycles. The van der Waals surface area contributed by atoms with E-state index >= 15 is 0 Å². The van der Waals surface area contributed by atoms with E-state index in [1.807, 2.05) is 0 Å². The van der Waals surface area contributed by atoms with Gasteiger partial charge in [-0.1, -0.05) is 12.5 Å². The SMILES string of the molecule is O=C(O)CCCCCNC(=S)Nc1ccc(-c2c3ccc(=O)cc-3oc3cc(O)ccc23)c(C(=O)O)c1. The first-order valence-electron chi connectivity index (χ1n) is 11.6. The molecule has 10 heteroatoms. The molecule has 0 atom stereocenters. The number of carboxylic acid groups (broad SMARTS) is 2. The quantitative estimate of drug-likeness (QED) is 0.117. The maximum atomic E-state index is 12.3. The van der Waals surface area contributed by atoms with Crippen LogP contribution in [-0.4, -0.2) is 38.9 Å². The van der Waals surface area contributed by atoms with E-state index in [0.29, 0.717) is 51.4 Å². The molecule has 1 heterocycles. The molecule has 1 aliphatic heterocycles. The number of fused-ring (bicyclic) bond motifs is 2. The van der Waals surface area contributed by atoms with Crippen LogP contribution in [0.2, 0.25) is 0 Å². The second-order valence-corrected chi connectivity index (χ2v) is 8.87. The summed E-state index contributed by atoms with van der Waals surface area (Å²) >= 11 is 5.31. The third kappa shape index (κ3) is 6.04. The molecule has 4 rings (SSSR count). The van der Waals surface area contributed by atoms with Crippen molar-refractivity contribution >= 4 is 45.9 Å². The van der Waals surface area contributed by atoms with Crippen molar-refractivity contribution in [1.29, 1.82) is 0 Å². The molecule has 0 fully saturated rings. The van der Waals surface area contributed by atoms with E-state index in [-0.39, 0.29) is 28.9 Å². The number of benzene rings is 3. The Morgan fingerprint density at radius 1 is 0.919 bits per heavy atom. The van der Waals surface area contributed by atoms with Crippen LogP contribution in [0.1, 0.15) is 36.0 Å². The lowest BCUT2D eigenvalue weighted by Crippen LogP contribution is -2.29. The van der Waals surface area contributed by atoms with Crippen LogP contribution in [0.3, 0.4) is 0 Å². The summed E-state index contributed by atoms with van der Waals surface area (Å²) in [6.45, 7) is 0.551. The largest absolute Gasteiger partial charge is 0.508 e. The van der Waals surface area contributed by atoms with Crippen LogP contribution in [0.15, 0.2) is 63.8 Å². The number of phenolic OH excluding ortho intramolecular Hbond substituents is 1. The van der Waals surface area contributed by atoms with Crippen molar-refractivity contribution in [3.63, 3.8) is 0 Å². The molecule has 0 saturated carbocycles. The number of hydrogen-bond donors (Lipinski definition) is 5. The zero-order valence-electron chi connectivity index (χ0n) is 19.6. The zero-order valence-corrected chi connectivity index (χ0v) is 20.4. The van der Waals surface area contributed by atoms with Gasteiger partial charge in [0.15, 0.2) is 10.5 Å². The predicted octanol–water partition coefficient (Wildman–Crippen LogP) is 4.90. The number of aromatic carboxylic acids is 1. The van der Waals surface area contributed by atoms with E-state index in [1.165, 1.54) is 30.3 Å². The monoisotopic (exact) mass is 520 g/mol. The number of anilines is 1. The molecule has 0 spiro atoms. The van der Waals surface area contributed by atoms with Gasteiger partial charge in [0, 0.05) is 47.3 Å². The minimum Gasteiger partial charge on any atom is -0.508 e. The first-order chi connectivity index (χ1) is 17.7. The van der Waals surface area contributed by atoms with Crippen molar-refractivity contribution in [2.45, 2.75) is 25.7 Å². The van der Waals surface area contributed by atoms with Crippen LogP contribution in [0.25, 0.3) is 33.4 Å². The van der Waals surface area contributed by atoms with Gasteiger partial charge in [0.2, 0.25) is 0 Å². The van der Waals surface area contributed by atoms with E-state index in [1.54, 1.807) is 24.3 Å². The minimum atomic E-state index is -1.16. The van der Waals surface area contributed by atoms with E-state index in [4.69, 9.17) is 21.7 Å². The molecule has 0 radical (unpaired) electrons. The van der Waals surface area contributed by atoms with Crippen molar-refractivity contribution in [2.24, 2.45) is 0 Å². The lowest BCUT2D eigenvalue weighted by atomic mass is 9.90. The van der Waals surface area contributed by atoms with Gasteiger partial charge in [0.05, 0.1) is 5.56 Å². The molecule has 9 nitrogen and oxygen atoms in total. The molecule has 2 aromatic carbocycles. The molecule has 190 valence electrons. The lowest BCUT2D eigenvalue weighted by Gasteiger charge is -2.18. The molecule has 0 bridgehead atoms. The van der Waals surface area contributed by atoms with Crippen molar-refractivity contribution in [3.8, 4) is 28.2 Å². The van der Waals surface area contributed by atoms with E-state index in [0.717, 1.165) is 12.8 Å². The first kappa shape index (κ1) is 25.6. The van der Waals surface area contributed by atoms with Gasteiger partial charge in [-0.3, -0.25) is 9.59 Å². The second kappa shape index (κ2) is 11.1. The van der Waals surface area contributed by atoms with Crippen molar-refractivity contribution in [2.75, 3.05) is 11.9 Å². The van der Waals surface area contributed by atoms with Crippen molar-refractivity contribution in [3.05, 3.63) is 70.4 Å². The van der Waals surface area contributed by atoms with Crippen LogP contribution in [0, 0.1) is 0 Å². The van der Waals surface area contributed by atoms with Gasteiger partial charge in [0.1, 0.15) is 17.1 Å². The molecule has 2 aromatic rings. The fourth-order valence-corrected chi connectivity index (χ4v) is 4.34. The average Bonchev–Trinajstić information content (AvgIpc) is 2.84. The van der Waals surface area contributed by atoms with Crippen LogP contribution in [0.5, 0.6) is 5.75 Å². The van der Waals surface area contributed by atoms with E-state index in [9.17, 15) is 24.6 Å². The number of unbranched alkanes of at least 4 members (excludes halogenated alkanes) is 2. The molecule has 0 saturated heterocycles. The highest BCUT2D eigenvalue weighted by Crippen LogP contribution is 2.42. The molecule has 0 amide bonds. The number of nitrogens with one attached hydrogen (secondary N) is 2. The molecule has 5 N–H and O–H groups in total. The van der Waals surface area contributed by atoms with Crippen molar-refractivity contribution < 1.29 is 29.3 Å². The second-order valence-electron chi connectivity index (χ2n) is 8.47. The van der Waals surface area contributed by atoms with Gasteiger partial charge in [-0.25, -0.2) is 4.79 Å². The molecule has 37 heavy (non-hydrogen) atoms. The Bertz CT molecular complexity index is 1530. The maximum absolute atomic E-state index is 12.3. The van der Waals surface area contributed by atoms with Gasteiger partial charge < -0.3 is 30.4 Å². The summed E-state index contributed by atoms with van der Waals surface area (Å²) in [5, 5.41) is 35.6. The van der Waals surface area contributed by atoms with Crippen LogP contribution < -0.4 is 16.1 Å². The molecule has 0 aromatic heterocycles. The number of aliphatic carboxylic acids is 1. The Hall–Kier alpha value is -4.44. The summed E-state index contributed by atoms with van der Waals surface area (Å²) in [6, 6.07) is 13.7. The molecular formula is C27H24N2O7S. The van der Waals surface area contributed by atoms with E-state index < -0.39 is 11.9 Å². The number of rotatable bonds is 9. The predicted molar refractivity (Wildman–Crippen MR) is 143 cm³/mol. The Kier molecular flexibility index (Phi) is 7.69.